The second-order valence-corrected chi connectivity index (χ2v) is 12.6. The number of amides is 1. The van der Waals surface area contributed by atoms with Crippen molar-refractivity contribution in [3.8, 4) is 5.75 Å². The van der Waals surface area contributed by atoms with Gasteiger partial charge in [-0.05, 0) is 88.2 Å². The summed E-state index contributed by atoms with van der Waals surface area (Å²) >= 11 is 0. The van der Waals surface area contributed by atoms with E-state index in [-0.39, 0.29) is 41.4 Å². The van der Waals surface area contributed by atoms with Crippen LogP contribution < -0.4 is 26.4 Å². The molecule has 1 heterocycles. The van der Waals surface area contributed by atoms with Crippen LogP contribution in [-0.2, 0) is 11.3 Å². The third-order valence-electron chi connectivity index (χ3n) is 9.26. The number of anilines is 2. The molecule has 44 heavy (non-hydrogen) atoms. The van der Waals surface area contributed by atoms with Crippen LogP contribution in [-0.4, -0.2) is 41.4 Å². The van der Waals surface area contributed by atoms with Gasteiger partial charge in [-0.2, -0.15) is 4.98 Å². The number of aromatic nitrogens is 2. The quantitative estimate of drug-likeness (QED) is 0.175. The molecule has 1 aromatic heterocycles. The van der Waals surface area contributed by atoms with Crippen LogP contribution in [0, 0.1) is 35.4 Å². The van der Waals surface area contributed by atoms with E-state index >= 15 is 0 Å². The van der Waals surface area contributed by atoms with Crippen molar-refractivity contribution >= 4 is 17.7 Å². The molecule has 1 amide bonds. The largest absolute Gasteiger partial charge is 0.573 e. The molecule has 2 aromatic rings. The third kappa shape index (κ3) is 10.2. The van der Waals surface area contributed by atoms with Crippen molar-refractivity contribution in [2.24, 2.45) is 35.3 Å². The molecular weight excluding hydrogens is 576 g/mol. The highest BCUT2D eigenvalue weighted by Crippen LogP contribution is 2.38. The first-order valence-electron chi connectivity index (χ1n) is 15.9. The molecule has 244 valence electrons. The van der Waals surface area contributed by atoms with Crippen molar-refractivity contribution < 1.29 is 27.1 Å². The molecule has 1 unspecified atom stereocenters. The van der Waals surface area contributed by atoms with E-state index in [0.29, 0.717) is 36.3 Å². The first kappa shape index (κ1) is 33.7. The van der Waals surface area contributed by atoms with Gasteiger partial charge in [0.25, 0.3) is 0 Å². The number of ether oxygens (including phenoxy) is 1. The molecule has 2 fully saturated rings. The fraction of sp³-hybridized carbons (Fsp3) is 0.656. The summed E-state index contributed by atoms with van der Waals surface area (Å²) in [4.78, 5) is 19.7. The fourth-order valence-electron chi connectivity index (χ4n) is 6.87. The number of carbonyl (C=O) groups excluding carboxylic acids is 1. The van der Waals surface area contributed by atoms with E-state index < -0.39 is 12.2 Å². The fourth-order valence-corrected chi connectivity index (χ4v) is 6.87. The Bertz CT molecular complexity index is 1210. The van der Waals surface area contributed by atoms with Gasteiger partial charge in [0.15, 0.2) is 11.6 Å². The van der Waals surface area contributed by atoms with Gasteiger partial charge < -0.3 is 26.4 Å². The monoisotopic (exact) mass is 622 g/mol. The molecule has 5 N–H and O–H groups in total. The van der Waals surface area contributed by atoms with Crippen molar-refractivity contribution in [1.29, 1.82) is 0 Å². The van der Waals surface area contributed by atoms with Crippen LogP contribution >= 0.6 is 0 Å². The lowest BCUT2D eigenvalue weighted by Gasteiger charge is -2.39. The van der Waals surface area contributed by atoms with E-state index in [9.17, 15) is 22.4 Å². The Morgan fingerprint density at radius 3 is 2.48 bits per heavy atom. The van der Waals surface area contributed by atoms with Crippen LogP contribution in [0.3, 0.4) is 0 Å². The second kappa shape index (κ2) is 15.7. The zero-order valence-electron chi connectivity index (χ0n) is 25.6. The summed E-state index contributed by atoms with van der Waals surface area (Å²) in [5.74, 6) is 1.11. The zero-order valence-corrected chi connectivity index (χ0v) is 25.6. The maximum atomic E-state index is 14.7. The van der Waals surface area contributed by atoms with E-state index in [1.165, 1.54) is 24.6 Å². The number of para-hydroxylation sites is 1. The highest BCUT2D eigenvalue weighted by molar-refractivity contribution is 5.76. The molecule has 1 aromatic carbocycles. The van der Waals surface area contributed by atoms with Crippen LogP contribution in [0.5, 0.6) is 5.75 Å². The van der Waals surface area contributed by atoms with E-state index in [1.54, 1.807) is 6.07 Å². The average molecular weight is 623 g/mol. The Balaban J connectivity index is 1.31. The maximum absolute atomic E-state index is 14.7. The molecule has 0 saturated heterocycles. The SMILES string of the molecule is CCCC1C[C@@H](CNc2nc(NCc3ccccc3OC(F)(F)F)ncc2F)C[C@H]([C@H](C)NCC2CCC(C(N)=O)CC2)C1. The number of nitrogens with zero attached hydrogens (tertiary/aromatic N) is 2. The van der Waals surface area contributed by atoms with Crippen LogP contribution in [0.1, 0.15) is 77.2 Å². The molecule has 0 aliphatic heterocycles. The van der Waals surface area contributed by atoms with Gasteiger partial charge in [-0.15, -0.1) is 13.2 Å². The summed E-state index contributed by atoms with van der Waals surface area (Å²) in [5, 5.41) is 9.85. The number of primary amides is 1. The van der Waals surface area contributed by atoms with Gasteiger partial charge in [0.05, 0.1) is 6.20 Å². The Labute approximate surface area is 257 Å². The van der Waals surface area contributed by atoms with Crippen molar-refractivity contribution in [2.75, 3.05) is 23.7 Å². The molecule has 0 radical (unpaired) electrons. The summed E-state index contributed by atoms with van der Waals surface area (Å²) in [5.41, 5.74) is 5.76. The molecule has 2 saturated carbocycles. The minimum atomic E-state index is -4.81. The molecule has 0 spiro atoms. The van der Waals surface area contributed by atoms with Gasteiger partial charge in [-0.1, -0.05) is 38.0 Å². The highest BCUT2D eigenvalue weighted by Gasteiger charge is 2.33. The lowest BCUT2D eigenvalue weighted by molar-refractivity contribution is -0.274. The van der Waals surface area contributed by atoms with Crippen LogP contribution in [0.4, 0.5) is 29.3 Å². The standard InChI is InChI=1S/C32H46F4N6O2/c1-3-6-22-13-23(15-26(14-22)20(2)38-16-21-9-11-24(12-10-21)29(37)43)17-39-30-27(33)19-41-31(42-30)40-18-25-7-4-5-8-28(25)44-32(34,35)36/h4-5,7-8,19-24,26,38H,3,6,9-18H2,1-2H3,(H2,37,43)(H2,39,40,41,42)/t20-,21?,22?,23+,24?,26+/m0/s1. The lowest BCUT2D eigenvalue weighted by atomic mass is 9.71. The summed E-state index contributed by atoms with van der Waals surface area (Å²) < 4.78 is 57.1. The Kier molecular flexibility index (Phi) is 12.1. The molecular formula is C32H46F4N6O2. The number of hydrogen-bond acceptors (Lipinski definition) is 7. The van der Waals surface area contributed by atoms with Crippen molar-refractivity contribution in [1.82, 2.24) is 15.3 Å². The van der Waals surface area contributed by atoms with Gasteiger partial charge in [0.1, 0.15) is 5.75 Å². The number of carbonyl (C=O) groups is 1. The lowest BCUT2D eigenvalue weighted by Crippen LogP contribution is -2.42. The Hall–Kier alpha value is -3.15. The van der Waals surface area contributed by atoms with E-state index in [2.05, 4.69) is 44.5 Å². The molecule has 0 bridgehead atoms. The molecule has 2 aliphatic carbocycles. The van der Waals surface area contributed by atoms with Crippen LogP contribution in [0.2, 0.25) is 0 Å². The van der Waals surface area contributed by atoms with E-state index in [0.717, 1.165) is 64.1 Å². The number of alkyl halides is 3. The smallest absolute Gasteiger partial charge is 0.405 e. The number of hydrogen-bond donors (Lipinski definition) is 4. The summed E-state index contributed by atoms with van der Waals surface area (Å²) in [6.45, 7) is 5.95. The van der Waals surface area contributed by atoms with E-state index in [1.807, 2.05) is 0 Å². The van der Waals surface area contributed by atoms with Gasteiger partial charge >= 0.3 is 6.36 Å². The molecule has 8 nitrogen and oxygen atoms in total. The first-order chi connectivity index (χ1) is 21.0. The molecule has 4 atom stereocenters. The predicted molar refractivity (Wildman–Crippen MR) is 162 cm³/mol. The van der Waals surface area contributed by atoms with Gasteiger partial charge in [0.2, 0.25) is 11.9 Å². The number of benzene rings is 1. The number of rotatable bonds is 14. The maximum Gasteiger partial charge on any atom is 0.573 e. The molecule has 4 rings (SSSR count). The number of nitrogens with two attached hydrogens (primary N) is 1. The minimum absolute atomic E-state index is 0.0197. The van der Waals surface area contributed by atoms with Crippen LogP contribution in [0.25, 0.3) is 0 Å². The summed E-state index contributed by atoms with van der Waals surface area (Å²) in [7, 11) is 0. The van der Waals surface area contributed by atoms with Gasteiger partial charge in [-0.3, -0.25) is 4.79 Å². The van der Waals surface area contributed by atoms with Crippen molar-refractivity contribution in [3.05, 3.63) is 41.8 Å². The Morgan fingerprint density at radius 2 is 1.77 bits per heavy atom. The van der Waals surface area contributed by atoms with Crippen LogP contribution in [0.15, 0.2) is 30.5 Å². The second-order valence-electron chi connectivity index (χ2n) is 12.6. The topological polar surface area (TPSA) is 114 Å². The normalized spacial score (nSPS) is 24.8. The summed E-state index contributed by atoms with van der Waals surface area (Å²) in [6, 6.07) is 6.15. The van der Waals surface area contributed by atoms with Gasteiger partial charge in [-0.25, -0.2) is 9.37 Å². The number of halogens is 4. The third-order valence-corrected chi connectivity index (χ3v) is 9.26. The number of nitrogens with one attached hydrogen (secondary N) is 3. The van der Waals surface area contributed by atoms with Gasteiger partial charge in [0, 0.05) is 30.6 Å². The van der Waals surface area contributed by atoms with Crippen molar-refractivity contribution in [2.45, 2.75) is 90.6 Å². The minimum Gasteiger partial charge on any atom is -0.405 e. The average Bonchev–Trinajstić information content (AvgIpc) is 2.99. The van der Waals surface area contributed by atoms with Crippen molar-refractivity contribution in [3.63, 3.8) is 0 Å². The zero-order chi connectivity index (χ0) is 31.7. The van der Waals surface area contributed by atoms with E-state index in [4.69, 9.17) is 5.73 Å². The first-order valence-corrected chi connectivity index (χ1v) is 15.9. The predicted octanol–water partition coefficient (Wildman–Crippen LogP) is 6.64. The highest BCUT2D eigenvalue weighted by atomic mass is 19.4. The molecule has 12 heteroatoms. The Morgan fingerprint density at radius 1 is 1.05 bits per heavy atom. The summed E-state index contributed by atoms with van der Waals surface area (Å²) in [6.07, 6.45) is 5.58. The molecule has 2 aliphatic rings.